The second-order valence-corrected chi connectivity index (χ2v) is 7.73. The van der Waals surface area contributed by atoms with Crippen molar-refractivity contribution < 1.29 is 4.74 Å². The molecule has 0 spiro atoms. The van der Waals surface area contributed by atoms with E-state index in [2.05, 4.69) is 50.4 Å². The van der Waals surface area contributed by atoms with E-state index in [0.717, 1.165) is 19.1 Å². The van der Waals surface area contributed by atoms with Crippen LogP contribution >= 0.6 is 0 Å². The van der Waals surface area contributed by atoms with Gasteiger partial charge in [0, 0.05) is 24.6 Å². The fourth-order valence-electron chi connectivity index (χ4n) is 3.37. The summed E-state index contributed by atoms with van der Waals surface area (Å²) in [4.78, 5) is 0. The Kier molecular flexibility index (Phi) is 4.37. The highest BCUT2D eigenvalue weighted by atomic mass is 16.5. The van der Waals surface area contributed by atoms with Crippen LogP contribution in [-0.4, -0.2) is 18.7 Å². The fraction of sp³-hybridized carbons (Fsp3) is 0.684. The Morgan fingerprint density at radius 1 is 1.10 bits per heavy atom. The largest absolute Gasteiger partial charge is 0.373 e. The molecule has 1 aromatic carbocycles. The molecule has 2 aliphatic rings. The molecule has 2 nitrogen and oxygen atoms in total. The summed E-state index contributed by atoms with van der Waals surface area (Å²) >= 11 is 0. The minimum absolute atomic E-state index is 0.179. The Balaban J connectivity index is 1.77. The van der Waals surface area contributed by atoms with Crippen molar-refractivity contribution in [2.24, 2.45) is 5.92 Å². The van der Waals surface area contributed by atoms with Gasteiger partial charge in [-0.3, -0.25) is 0 Å². The molecular weight excluding hydrogens is 258 g/mol. The van der Waals surface area contributed by atoms with Gasteiger partial charge in [-0.2, -0.15) is 0 Å². The minimum atomic E-state index is 0.179. The van der Waals surface area contributed by atoms with Gasteiger partial charge in [-0.05, 0) is 63.5 Å². The maximum atomic E-state index is 6.22. The molecular formula is C19H29NO. The van der Waals surface area contributed by atoms with Gasteiger partial charge in [0.2, 0.25) is 0 Å². The van der Waals surface area contributed by atoms with E-state index in [1.54, 1.807) is 5.56 Å². The maximum absolute atomic E-state index is 6.22. The maximum Gasteiger partial charge on any atom is 0.0867 e. The summed E-state index contributed by atoms with van der Waals surface area (Å²) in [5.41, 5.74) is 3.18. The van der Waals surface area contributed by atoms with Gasteiger partial charge < -0.3 is 10.1 Å². The highest BCUT2D eigenvalue weighted by molar-refractivity contribution is 5.35. The highest BCUT2D eigenvalue weighted by Gasteiger charge is 2.33. The number of nitrogens with one attached hydrogen (secondary N) is 1. The Morgan fingerprint density at radius 3 is 2.48 bits per heavy atom. The predicted octanol–water partition coefficient (Wildman–Crippen LogP) is 4.42. The van der Waals surface area contributed by atoms with Crippen LogP contribution in [0.5, 0.6) is 0 Å². The minimum Gasteiger partial charge on any atom is -0.373 e. The molecule has 2 fully saturated rings. The first-order chi connectivity index (χ1) is 10.0. The van der Waals surface area contributed by atoms with Gasteiger partial charge in [0.1, 0.15) is 0 Å². The summed E-state index contributed by atoms with van der Waals surface area (Å²) in [6, 6.07) is 8.97. The van der Waals surface area contributed by atoms with Crippen LogP contribution < -0.4 is 5.32 Å². The topological polar surface area (TPSA) is 21.3 Å². The molecule has 1 aromatic rings. The lowest BCUT2D eigenvalue weighted by molar-refractivity contribution is -0.0297. The molecule has 0 amide bonds. The molecule has 21 heavy (non-hydrogen) atoms. The van der Waals surface area contributed by atoms with Crippen molar-refractivity contribution >= 4 is 0 Å². The number of ether oxygens (including phenoxy) is 1. The average Bonchev–Trinajstić information content (AvgIpc) is 3.29. The third-order valence-electron chi connectivity index (χ3n) is 4.66. The molecule has 2 heteroatoms. The van der Waals surface area contributed by atoms with Crippen molar-refractivity contribution in [1.29, 1.82) is 0 Å². The standard InChI is InChI=1S/C19H29NO/c1-19(2,3)20-13-15-7-6-12-21-18(15)17-9-5-4-8-16(17)14-10-11-14/h4-5,8-9,14-15,18,20H,6-7,10-13H2,1-3H3. The molecule has 3 rings (SSSR count). The number of hydrogen-bond acceptors (Lipinski definition) is 2. The zero-order chi connectivity index (χ0) is 14.9. The van der Waals surface area contributed by atoms with Crippen LogP contribution in [0.25, 0.3) is 0 Å². The van der Waals surface area contributed by atoms with Crippen LogP contribution in [-0.2, 0) is 4.74 Å². The Labute approximate surface area is 129 Å². The van der Waals surface area contributed by atoms with E-state index in [0.29, 0.717) is 5.92 Å². The van der Waals surface area contributed by atoms with Gasteiger partial charge in [0.05, 0.1) is 6.10 Å². The van der Waals surface area contributed by atoms with E-state index in [9.17, 15) is 0 Å². The van der Waals surface area contributed by atoms with Gasteiger partial charge in [0.15, 0.2) is 0 Å². The van der Waals surface area contributed by atoms with Crippen LogP contribution in [0.2, 0.25) is 0 Å². The molecule has 2 atom stereocenters. The van der Waals surface area contributed by atoms with Crippen molar-refractivity contribution in [3.63, 3.8) is 0 Å². The Bertz CT molecular complexity index is 473. The van der Waals surface area contributed by atoms with Crippen molar-refractivity contribution in [3.05, 3.63) is 35.4 Å². The van der Waals surface area contributed by atoms with Gasteiger partial charge in [-0.1, -0.05) is 24.3 Å². The van der Waals surface area contributed by atoms with Crippen LogP contribution in [0.15, 0.2) is 24.3 Å². The van der Waals surface area contributed by atoms with E-state index in [-0.39, 0.29) is 11.6 Å². The molecule has 1 aliphatic heterocycles. The summed E-state index contributed by atoms with van der Waals surface area (Å²) in [5, 5.41) is 3.68. The van der Waals surface area contributed by atoms with Crippen molar-refractivity contribution in [3.8, 4) is 0 Å². The molecule has 0 bridgehead atoms. The van der Waals surface area contributed by atoms with E-state index < -0.39 is 0 Å². The third-order valence-corrected chi connectivity index (χ3v) is 4.66. The van der Waals surface area contributed by atoms with E-state index in [1.165, 1.54) is 31.2 Å². The summed E-state index contributed by atoms with van der Waals surface area (Å²) in [5.74, 6) is 1.39. The van der Waals surface area contributed by atoms with Gasteiger partial charge in [-0.25, -0.2) is 0 Å². The average molecular weight is 287 g/mol. The number of rotatable bonds is 4. The lowest BCUT2D eigenvalue weighted by atomic mass is 9.85. The number of hydrogen-bond donors (Lipinski definition) is 1. The predicted molar refractivity (Wildman–Crippen MR) is 87.6 cm³/mol. The zero-order valence-electron chi connectivity index (χ0n) is 13.7. The van der Waals surface area contributed by atoms with Crippen LogP contribution in [0.3, 0.4) is 0 Å². The smallest absolute Gasteiger partial charge is 0.0867 e. The highest BCUT2D eigenvalue weighted by Crippen LogP contribution is 2.45. The molecule has 2 unspecified atom stereocenters. The number of benzene rings is 1. The van der Waals surface area contributed by atoms with E-state index in [4.69, 9.17) is 4.74 Å². The molecule has 0 radical (unpaired) electrons. The third kappa shape index (κ3) is 3.87. The summed E-state index contributed by atoms with van der Waals surface area (Å²) < 4.78 is 6.22. The van der Waals surface area contributed by atoms with Crippen LogP contribution in [0.1, 0.15) is 69.6 Å². The van der Waals surface area contributed by atoms with Gasteiger partial charge >= 0.3 is 0 Å². The normalized spacial score (nSPS) is 26.8. The molecule has 1 N–H and O–H groups in total. The lowest BCUT2D eigenvalue weighted by Gasteiger charge is -2.35. The van der Waals surface area contributed by atoms with Crippen LogP contribution in [0, 0.1) is 5.92 Å². The van der Waals surface area contributed by atoms with Gasteiger partial charge in [-0.15, -0.1) is 0 Å². The first-order valence-corrected chi connectivity index (χ1v) is 8.50. The van der Waals surface area contributed by atoms with E-state index >= 15 is 0 Å². The van der Waals surface area contributed by atoms with E-state index in [1.807, 2.05) is 0 Å². The Hall–Kier alpha value is -0.860. The summed E-state index contributed by atoms with van der Waals surface area (Å²) in [6.07, 6.45) is 5.46. The Morgan fingerprint density at radius 2 is 1.81 bits per heavy atom. The fourth-order valence-corrected chi connectivity index (χ4v) is 3.37. The first kappa shape index (κ1) is 15.1. The molecule has 1 saturated heterocycles. The summed E-state index contributed by atoms with van der Waals surface area (Å²) in [6.45, 7) is 8.68. The lowest BCUT2D eigenvalue weighted by Crippen LogP contribution is -2.41. The second-order valence-electron chi connectivity index (χ2n) is 7.73. The van der Waals surface area contributed by atoms with Crippen LogP contribution in [0.4, 0.5) is 0 Å². The molecule has 116 valence electrons. The van der Waals surface area contributed by atoms with Crippen molar-refractivity contribution in [2.75, 3.05) is 13.2 Å². The quantitative estimate of drug-likeness (QED) is 0.885. The van der Waals surface area contributed by atoms with Crippen molar-refractivity contribution in [1.82, 2.24) is 5.32 Å². The molecule has 1 aliphatic carbocycles. The first-order valence-electron chi connectivity index (χ1n) is 8.50. The zero-order valence-corrected chi connectivity index (χ0v) is 13.7. The molecule has 1 saturated carbocycles. The SMILES string of the molecule is CC(C)(C)NCC1CCCOC1c1ccccc1C1CC1. The van der Waals surface area contributed by atoms with Crippen molar-refractivity contribution in [2.45, 2.75) is 64.0 Å². The monoisotopic (exact) mass is 287 g/mol. The molecule has 1 heterocycles. The summed E-state index contributed by atoms with van der Waals surface area (Å²) in [7, 11) is 0. The van der Waals surface area contributed by atoms with Gasteiger partial charge in [0.25, 0.3) is 0 Å². The molecule has 0 aromatic heterocycles. The second kappa shape index (κ2) is 6.10.